The van der Waals surface area contributed by atoms with Crippen molar-refractivity contribution in [1.29, 1.82) is 0 Å². The van der Waals surface area contributed by atoms with Crippen LogP contribution in [0, 0.1) is 0 Å². The van der Waals surface area contributed by atoms with E-state index in [9.17, 15) is 5.11 Å². The van der Waals surface area contributed by atoms with Gasteiger partial charge in [0.15, 0.2) is 0 Å². The van der Waals surface area contributed by atoms with Gasteiger partial charge in [0.2, 0.25) is 0 Å². The van der Waals surface area contributed by atoms with E-state index in [4.69, 9.17) is 18.9 Å². The molecule has 1 fully saturated rings. The van der Waals surface area contributed by atoms with Gasteiger partial charge in [-0.05, 0) is 23.1 Å². The Labute approximate surface area is 220 Å². The smallest absolute Gasteiger partial charge is 0.130 e. The number of benzene rings is 3. The molecule has 37 heavy (non-hydrogen) atoms. The Morgan fingerprint density at radius 2 is 1.30 bits per heavy atom. The fraction of sp³-hybridized carbons (Fsp3) is 0.312. The van der Waals surface area contributed by atoms with Crippen molar-refractivity contribution in [3.05, 3.63) is 133 Å². The lowest BCUT2D eigenvalue weighted by atomic mass is 9.85. The maximum absolute atomic E-state index is 11.2. The third-order valence-electron chi connectivity index (χ3n) is 6.66. The van der Waals surface area contributed by atoms with Crippen molar-refractivity contribution in [1.82, 2.24) is 0 Å². The maximum Gasteiger partial charge on any atom is 0.130 e. The zero-order valence-electron chi connectivity index (χ0n) is 21.2. The van der Waals surface area contributed by atoms with Crippen LogP contribution in [0.1, 0.15) is 23.1 Å². The van der Waals surface area contributed by atoms with Crippen LogP contribution in [0.3, 0.4) is 0 Å². The zero-order valence-corrected chi connectivity index (χ0v) is 21.2. The van der Waals surface area contributed by atoms with Gasteiger partial charge in [-0.25, -0.2) is 0 Å². The molecule has 3 aromatic rings. The molecule has 0 aliphatic carbocycles. The van der Waals surface area contributed by atoms with E-state index < -0.39 is 30.0 Å². The molecule has 4 rings (SSSR count). The number of ether oxygens (including phenoxy) is 4. The predicted octanol–water partition coefficient (Wildman–Crippen LogP) is 5.63. The van der Waals surface area contributed by atoms with Crippen LogP contribution < -0.4 is 0 Å². The van der Waals surface area contributed by atoms with Crippen LogP contribution in [0.2, 0.25) is 0 Å². The van der Waals surface area contributed by atoms with Gasteiger partial charge in [0.1, 0.15) is 30.0 Å². The van der Waals surface area contributed by atoms with Crippen molar-refractivity contribution in [2.45, 2.75) is 56.3 Å². The molecule has 0 aromatic heterocycles. The highest BCUT2D eigenvalue weighted by atomic mass is 16.6. The number of aliphatic hydroxyl groups excluding tert-OH is 1. The molecular formula is C32H36O5. The average molecular weight is 501 g/mol. The standard InChI is InChI=1S/C32H36O5/c1-3-20-32(29(33)4-2)31(36-23-27-18-12-7-13-19-27)30(35-22-26-16-10-6-11-17-26)28(37-32)24-34-21-25-14-8-5-9-15-25/h3-19,28-31,33H,1-2,20-24H2/t28-,29-,30-,31+,32+/m1/s1. The third-order valence-corrected chi connectivity index (χ3v) is 6.66. The van der Waals surface area contributed by atoms with Crippen LogP contribution in [-0.2, 0) is 38.8 Å². The molecule has 1 aliphatic heterocycles. The Morgan fingerprint density at radius 1 is 0.784 bits per heavy atom. The summed E-state index contributed by atoms with van der Waals surface area (Å²) in [5.41, 5.74) is 2.02. The number of hydrogen-bond donors (Lipinski definition) is 1. The summed E-state index contributed by atoms with van der Waals surface area (Å²) in [6.07, 6.45) is 1.05. The van der Waals surface area contributed by atoms with Crippen molar-refractivity contribution >= 4 is 0 Å². The van der Waals surface area contributed by atoms with Gasteiger partial charge in [0.25, 0.3) is 0 Å². The lowest BCUT2D eigenvalue weighted by Gasteiger charge is -2.37. The van der Waals surface area contributed by atoms with Gasteiger partial charge in [0.05, 0.1) is 26.4 Å². The monoisotopic (exact) mass is 500 g/mol. The number of hydrogen-bond acceptors (Lipinski definition) is 5. The highest BCUT2D eigenvalue weighted by molar-refractivity contribution is 5.18. The van der Waals surface area contributed by atoms with E-state index in [-0.39, 0.29) is 6.61 Å². The molecule has 194 valence electrons. The summed E-state index contributed by atoms with van der Waals surface area (Å²) in [6, 6.07) is 29.9. The molecule has 5 nitrogen and oxygen atoms in total. The number of rotatable bonds is 14. The van der Waals surface area contributed by atoms with Crippen molar-refractivity contribution < 1.29 is 24.1 Å². The molecule has 0 amide bonds. The Morgan fingerprint density at radius 3 is 1.81 bits per heavy atom. The van der Waals surface area contributed by atoms with Crippen LogP contribution in [0.25, 0.3) is 0 Å². The van der Waals surface area contributed by atoms with Crippen molar-refractivity contribution in [2.24, 2.45) is 0 Å². The van der Waals surface area contributed by atoms with Crippen LogP contribution in [0.5, 0.6) is 0 Å². The zero-order chi connectivity index (χ0) is 25.9. The first kappa shape index (κ1) is 27.0. The summed E-state index contributed by atoms with van der Waals surface area (Å²) in [4.78, 5) is 0. The van der Waals surface area contributed by atoms with Crippen molar-refractivity contribution in [2.75, 3.05) is 6.61 Å². The summed E-state index contributed by atoms with van der Waals surface area (Å²) in [7, 11) is 0. The summed E-state index contributed by atoms with van der Waals surface area (Å²) in [5.74, 6) is 0. The quantitative estimate of drug-likeness (QED) is 0.291. The van der Waals surface area contributed by atoms with E-state index in [0.717, 1.165) is 16.7 Å². The minimum atomic E-state index is -1.11. The topological polar surface area (TPSA) is 57.2 Å². The van der Waals surface area contributed by atoms with Gasteiger partial charge in [-0.1, -0.05) is 103 Å². The fourth-order valence-electron chi connectivity index (χ4n) is 4.79. The minimum Gasteiger partial charge on any atom is -0.386 e. The van der Waals surface area contributed by atoms with Crippen molar-refractivity contribution in [3.8, 4) is 0 Å². The van der Waals surface area contributed by atoms with Crippen LogP contribution in [0.15, 0.2) is 116 Å². The van der Waals surface area contributed by atoms with Gasteiger partial charge in [0, 0.05) is 0 Å². The van der Waals surface area contributed by atoms with E-state index in [2.05, 4.69) is 13.2 Å². The first-order chi connectivity index (χ1) is 18.2. The maximum atomic E-state index is 11.2. The van der Waals surface area contributed by atoms with Gasteiger partial charge < -0.3 is 24.1 Å². The second-order valence-corrected chi connectivity index (χ2v) is 9.26. The highest BCUT2D eigenvalue weighted by Crippen LogP contribution is 2.42. The molecule has 1 N–H and O–H groups in total. The van der Waals surface area contributed by atoms with Crippen molar-refractivity contribution in [3.63, 3.8) is 0 Å². The molecular weight excluding hydrogens is 464 g/mol. The summed E-state index contributed by atoms with van der Waals surface area (Å²) in [5, 5.41) is 11.2. The highest BCUT2D eigenvalue weighted by Gasteiger charge is 2.59. The lowest BCUT2D eigenvalue weighted by Crippen LogP contribution is -2.53. The Balaban J connectivity index is 1.60. The Kier molecular flexibility index (Phi) is 9.83. The van der Waals surface area contributed by atoms with E-state index in [1.165, 1.54) is 6.08 Å². The largest absolute Gasteiger partial charge is 0.386 e. The first-order valence-corrected chi connectivity index (χ1v) is 12.7. The lowest BCUT2D eigenvalue weighted by molar-refractivity contribution is -0.159. The predicted molar refractivity (Wildman–Crippen MR) is 145 cm³/mol. The second-order valence-electron chi connectivity index (χ2n) is 9.26. The van der Waals surface area contributed by atoms with Crippen LogP contribution in [-0.4, -0.2) is 41.7 Å². The molecule has 5 heteroatoms. The van der Waals surface area contributed by atoms with E-state index in [1.54, 1.807) is 6.08 Å². The molecule has 1 heterocycles. The van der Waals surface area contributed by atoms with Gasteiger partial charge >= 0.3 is 0 Å². The molecule has 0 saturated carbocycles. The van der Waals surface area contributed by atoms with E-state index in [1.807, 2.05) is 91.0 Å². The molecule has 1 saturated heterocycles. The SMILES string of the molecule is C=CC[C@@]1([C@H](O)C=C)O[C@H](COCc2ccccc2)[C@@H](OCc2ccccc2)[C@@H]1OCc1ccccc1. The molecule has 1 aliphatic rings. The molecule has 0 unspecified atom stereocenters. The van der Waals surface area contributed by atoms with Gasteiger partial charge in [-0.2, -0.15) is 0 Å². The Hall–Kier alpha value is -3.06. The summed E-state index contributed by atoms with van der Waals surface area (Å²) in [6.45, 7) is 9.22. The fourth-order valence-corrected chi connectivity index (χ4v) is 4.79. The summed E-state index contributed by atoms with van der Waals surface area (Å²) >= 11 is 0. The van der Waals surface area contributed by atoms with E-state index in [0.29, 0.717) is 26.2 Å². The summed E-state index contributed by atoms with van der Waals surface area (Å²) < 4.78 is 25.7. The average Bonchev–Trinajstić information content (AvgIpc) is 3.25. The van der Waals surface area contributed by atoms with Gasteiger partial charge in [-0.15, -0.1) is 13.2 Å². The van der Waals surface area contributed by atoms with Gasteiger partial charge in [-0.3, -0.25) is 0 Å². The molecule has 5 atom stereocenters. The first-order valence-electron chi connectivity index (χ1n) is 12.7. The van der Waals surface area contributed by atoms with E-state index >= 15 is 0 Å². The molecule has 0 spiro atoms. The van der Waals surface area contributed by atoms with Crippen LogP contribution >= 0.6 is 0 Å². The van der Waals surface area contributed by atoms with Crippen LogP contribution in [0.4, 0.5) is 0 Å². The molecule has 0 bridgehead atoms. The Bertz CT molecular complexity index is 1090. The third kappa shape index (κ3) is 6.83. The molecule has 3 aromatic carbocycles. The number of aliphatic hydroxyl groups is 1. The normalized spacial score (nSPS) is 24.0. The molecule has 0 radical (unpaired) electrons. The second kappa shape index (κ2) is 13.5. The minimum absolute atomic E-state index is 0.280.